The Kier molecular flexibility index (Phi) is 7.48. The van der Waals surface area contributed by atoms with Crippen molar-refractivity contribution in [2.75, 3.05) is 26.2 Å². The molecule has 0 aliphatic carbocycles. The highest BCUT2D eigenvalue weighted by molar-refractivity contribution is 5.96. The van der Waals surface area contributed by atoms with Crippen molar-refractivity contribution < 1.29 is 4.79 Å². The molecule has 1 amide bonds. The maximum Gasteiger partial charge on any atom is 0.255 e. The molecule has 2 saturated heterocycles. The number of hydrogen-bond acceptors (Lipinski definition) is 4. The molecule has 0 unspecified atom stereocenters. The second kappa shape index (κ2) is 9.22. The Morgan fingerprint density at radius 1 is 1.19 bits per heavy atom. The standard InChI is InChI=1S/C19H27N5O.2ClH/c1-13(2)12-24-18-16(11-22-24)7-17(10-21-18)19(25)23-5-3-14-8-20-9-15(14)4-6-23;;/h7,10-11,13-15,20H,3-6,8-9,12H2,1-2H3;2*1H/t14-,15+;;. The normalized spacial score (nSPS) is 22.1. The molecule has 6 nitrogen and oxygen atoms in total. The van der Waals surface area contributed by atoms with Crippen LogP contribution in [0.2, 0.25) is 0 Å². The quantitative estimate of drug-likeness (QED) is 0.839. The zero-order chi connectivity index (χ0) is 17.4. The van der Waals surface area contributed by atoms with Gasteiger partial charge in [0.2, 0.25) is 0 Å². The summed E-state index contributed by atoms with van der Waals surface area (Å²) in [6.07, 6.45) is 5.74. The van der Waals surface area contributed by atoms with Crippen LogP contribution in [0.5, 0.6) is 0 Å². The molecule has 0 radical (unpaired) electrons. The first kappa shape index (κ1) is 21.9. The van der Waals surface area contributed by atoms with Crippen LogP contribution in [0.1, 0.15) is 37.0 Å². The number of carbonyl (C=O) groups is 1. The van der Waals surface area contributed by atoms with Crippen molar-refractivity contribution in [1.82, 2.24) is 25.0 Å². The molecular formula is C19H29Cl2N5O. The lowest BCUT2D eigenvalue weighted by atomic mass is 9.92. The molecule has 27 heavy (non-hydrogen) atoms. The number of carbonyl (C=O) groups excluding carboxylic acids is 1. The van der Waals surface area contributed by atoms with Gasteiger partial charge >= 0.3 is 0 Å². The molecular weight excluding hydrogens is 385 g/mol. The number of amides is 1. The van der Waals surface area contributed by atoms with Crippen molar-refractivity contribution in [3.8, 4) is 0 Å². The average Bonchev–Trinajstić information content (AvgIpc) is 3.16. The summed E-state index contributed by atoms with van der Waals surface area (Å²) in [4.78, 5) is 19.5. The SMILES string of the molecule is CC(C)Cn1ncc2cc(C(=O)N3CC[C@@H]4CNC[C@@H]4CC3)cnc21.Cl.Cl. The zero-order valence-electron chi connectivity index (χ0n) is 15.9. The maximum atomic E-state index is 12.9. The van der Waals surface area contributed by atoms with Gasteiger partial charge in [0.25, 0.3) is 5.91 Å². The molecule has 2 atom stereocenters. The Morgan fingerprint density at radius 3 is 2.48 bits per heavy atom. The molecule has 2 aromatic heterocycles. The van der Waals surface area contributed by atoms with E-state index in [-0.39, 0.29) is 30.7 Å². The smallest absolute Gasteiger partial charge is 0.255 e. The van der Waals surface area contributed by atoms with Gasteiger partial charge in [0.05, 0.1) is 11.8 Å². The summed E-state index contributed by atoms with van der Waals surface area (Å²) < 4.78 is 1.92. The molecule has 0 aromatic carbocycles. The van der Waals surface area contributed by atoms with Gasteiger partial charge in [-0.05, 0) is 49.8 Å². The molecule has 2 aliphatic rings. The second-order valence-electron chi connectivity index (χ2n) is 7.91. The van der Waals surface area contributed by atoms with Crippen LogP contribution in [-0.4, -0.2) is 51.8 Å². The van der Waals surface area contributed by atoms with Gasteiger partial charge in [-0.15, -0.1) is 24.8 Å². The number of hydrogen-bond donors (Lipinski definition) is 1. The van der Waals surface area contributed by atoms with Crippen molar-refractivity contribution in [2.24, 2.45) is 17.8 Å². The number of nitrogens with one attached hydrogen (secondary N) is 1. The van der Waals surface area contributed by atoms with Crippen LogP contribution in [0.4, 0.5) is 0 Å². The summed E-state index contributed by atoms with van der Waals surface area (Å²) in [7, 11) is 0. The van der Waals surface area contributed by atoms with Gasteiger partial charge in [-0.25, -0.2) is 9.67 Å². The summed E-state index contributed by atoms with van der Waals surface area (Å²) in [6, 6.07) is 1.95. The highest BCUT2D eigenvalue weighted by Crippen LogP contribution is 2.28. The van der Waals surface area contributed by atoms with E-state index in [1.165, 1.54) is 0 Å². The van der Waals surface area contributed by atoms with E-state index in [1.54, 1.807) is 6.20 Å². The number of aromatic nitrogens is 3. The van der Waals surface area contributed by atoms with E-state index in [2.05, 4.69) is 29.2 Å². The highest BCUT2D eigenvalue weighted by atomic mass is 35.5. The monoisotopic (exact) mass is 413 g/mol. The average molecular weight is 414 g/mol. The molecule has 2 aliphatic heterocycles. The first-order valence-electron chi connectivity index (χ1n) is 9.43. The van der Waals surface area contributed by atoms with Gasteiger partial charge in [-0.3, -0.25) is 4.79 Å². The number of pyridine rings is 1. The Bertz CT molecular complexity index is 765. The molecule has 4 rings (SSSR count). The van der Waals surface area contributed by atoms with Gasteiger partial charge in [-0.1, -0.05) is 13.8 Å². The fraction of sp³-hybridized carbons (Fsp3) is 0.632. The minimum absolute atomic E-state index is 0. The Morgan fingerprint density at radius 2 is 1.85 bits per heavy atom. The molecule has 1 N–H and O–H groups in total. The van der Waals surface area contributed by atoms with Crippen molar-refractivity contribution in [3.05, 3.63) is 24.0 Å². The van der Waals surface area contributed by atoms with E-state index in [0.29, 0.717) is 11.5 Å². The second-order valence-corrected chi connectivity index (χ2v) is 7.91. The van der Waals surface area contributed by atoms with Gasteiger partial charge in [0.15, 0.2) is 5.65 Å². The van der Waals surface area contributed by atoms with Crippen LogP contribution >= 0.6 is 24.8 Å². The van der Waals surface area contributed by atoms with E-state index in [0.717, 1.165) is 68.4 Å². The lowest BCUT2D eigenvalue weighted by molar-refractivity contribution is 0.0758. The number of rotatable bonds is 3. The Balaban J connectivity index is 0.00000131. The molecule has 2 fully saturated rings. The fourth-order valence-corrected chi connectivity index (χ4v) is 4.17. The fourth-order valence-electron chi connectivity index (χ4n) is 4.17. The zero-order valence-corrected chi connectivity index (χ0v) is 17.6. The number of fused-ring (bicyclic) bond motifs is 2. The summed E-state index contributed by atoms with van der Waals surface area (Å²) in [5, 5.41) is 8.85. The minimum Gasteiger partial charge on any atom is -0.339 e. The summed E-state index contributed by atoms with van der Waals surface area (Å²) in [5.41, 5.74) is 1.54. The van der Waals surface area contributed by atoms with E-state index in [4.69, 9.17) is 0 Å². The lowest BCUT2D eigenvalue weighted by Gasteiger charge is -2.21. The minimum atomic E-state index is 0. The third-order valence-electron chi connectivity index (χ3n) is 5.57. The molecule has 0 spiro atoms. The Hall–Kier alpha value is -1.37. The van der Waals surface area contributed by atoms with Gasteiger partial charge < -0.3 is 10.2 Å². The van der Waals surface area contributed by atoms with E-state index in [1.807, 2.05) is 21.8 Å². The van der Waals surface area contributed by atoms with Crippen molar-refractivity contribution >= 4 is 41.8 Å². The van der Waals surface area contributed by atoms with E-state index < -0.39 is 0 Å². The third kappa shape index (κ3) is 4.55. The number of likely N-dealkylation sites (tertiary alicyclic amines) is 1. The number of halogens is 2. The molecule has 0 bridgehead atoms. The van der Waals surface area contributed by atoms with Crippen LogP contribution in [0, 0.1) is 17.8 Å². The van der Waals surface area contributed by atoms with Crippen LogP contribution in [0.25, 0.3) is 11.0 Å². The van der Waals surface area contributed by atoms with Crippen LogP contribution in [0.3, 0.4) is 0 Å². The first-order valence-corrected chi connectivity index (χ1v) is 9.43. The van der Waals surface area contributed by atoms with Gasteiger partial charge in [0.1, 0.15) is 0 Å². The largest absolute Gasteiger partial charge is 0.339 e. The molecule has 8 heteroatoms. The van der Waals surface area contributed by atoms with Crippen molar-refractivity contribution in [2.45, 2.75) is 33.2 Å². The van der Waals surface area contributed by atoms with Crippen LogP contribution in [0.15, 0.2) is 18.5 Å². The molecule has 150 valence electrons. The van der Waals surface area contributed by atoms with Crippen LogP contribution < -0.4 is 5.32 Å². The predicted molar refractivity (Wildman–Crippen MR) is 112 cm³/mol. The summed E-state index contributed by atoms with van der Waals surface area (Å²) in [6.45, 7) is 9.08. The highest BCUT2D eigenvalue weighted by Gasteiger charge is 2.31. The number of nitrogens with zero attached hydrogens (tertiary/aromatic N) is 4. The third-order valence-corrected chi connectivity index (χ3v) is 5.57. The molecule has 4 heterocycles. The van der Waals surface area contributed by atoms with Gasteiger partial charge in [0, 0.05) is 31.2 Å². The first-order chi connectivity index (χ1) is 12.1. The van der Waals surface area contributed by atoms with Gasteiger partial charge in [-0.2, -0.15) is 5.10 Å². The lowest BCUT2D eigenvalue weighted by Crippen LogP contribution is -2.32. The van der Waals surface area contributed by atoms with E-state index in [9.17, 15) is 4.79 Å². The summed E-state index contributed by atoms with van der Waals surface area (Å²) >= 11 is 0. The topological polar surface area (TPSA) is 63.1 Å². The summed E-state index contributed by atoms with van der Waals surface area (Å²) in [5.74, 6) is 2.08. The molecule has 2 aromatic rings. The van der Waals surface area contributed by atoms with Crippen LogP contribution in [-0.2, 0) is 6.54 Å². The van der Waals surface area contributed by atoms with Crippen molar-refractivity contribution in [3.63, 3.8) is 0 Å². The van der Waals surface area contributed by atoms with Crippen molar-refractivity contribution in [1.29, 1.82) is 0 Å². The predicted octanol–water partition coefficient (Wildman–Crippen LogP) is 3.00. The molecule has 0 saturated carbocycles. The Labute approximate surface area is 172 Å². The maximum absolute atomic E-state index is 12.9. The van der Waals surface area contributed by atoms with E-state index >= 15 is 0 Å².